The van der Waals surface area contributed by atoms with E-state index in [4.69, 9.17) is 5.10 Å². The molecule has 5 rings (SSSR count). The Hall–Kier alpha value is -3.60. The Labute approximate surface area is 185 Å². The highest BCUT2D eigenvalue weighted by Crippen LogP contribution is 2.25. The lowest BCUT2D eigenvalue weighted by atomic mass is 10.2. The zero-order chi connectivity index (χ0) is 22.6. The first kappa shape index (κ1) is 23.7. The second-order valence-electron chi connectivity index (χ2n) is 5.89. The van der Waals surface area contributed by atoms with Crippen LogP contribution in [0.15, 0.2) is 79.0 Å². The fraction of sp³-hybridized carbons (Fsp3) is 0.231. The van der Waals surface area contributed by atoms with Gasteiger partial charge in [-0.3, -0.25) is 0 Å². The summed E-state index contributed by atoms with van der Waals surface area (Å²) in [6.45, 7) is 12.0. The van der Waals surface area contributed by atoms with E-state index in [-0.39, 0.29) is 0 Å². The van der Waals surface area contributed by atoms with Gasteiger partial charge in [-0.2, -0.15) is 0 Å². The van der Waals surface area contributed by atoms with Crippen molar-refractivity contribution in [2.24, 2.45) is 0 Å². The number of aromatic nitrogens is 4. The third kappa shape index (κ3) is 5.51. The summed E-state index contributed by atoms with van der Waals surface area (Å²) < 4.78 is 1.86. The van der Waals surface area contributed by atoms with Crippen LogP contribution in [0.1, 0.15) is 41.5 Å². The van der Waals surface area contributed by atoms with Gasteiger partial charge >= 0.3 is 0 Å². The van der Waals surface area contributed by atoms with Gasteiger partial charge in [0.1, 0.15) is 5.69 Å². The predicted molar refractivity (Wildman–Crippen MR) is 134 cm³/mol. The molecule has 0 amide bonds. The topological polar surface area (TPSA) is 58.0 Å². The van der Waals surface area contributed by atoms with Crippen LogP contribution in [0.2, 0.25) is 0 Å². The fourth-order valence-corrected chi connectivity index (χ4v) is 3.00. The SMILES string of the molecule is CC.CC.CC.c1ccc(Nc2ccc3ncc(-c4cc5ccccc5[nH]4)n3n2)cc1. The third-order valence-corrected chi connectivity index (χ3v) is 4.21. The minimum Gasteiger partial charge on any atom is -0.353 e. The van der Waals surface area contributed by atoms with E-state index in [1.807, 2.05) is 107 Å². The van der Waals surface area contributed by atoms with Gasteiger partial charge in [-0.15, -0.1) is 5.10 Å². The van der Waals surface area contributed by atoms with Crippen molar-refractivity contribution in [1.29, 1.82) is 0 Å². The molecule has 5 heteroatoms. The Balaban J connectivity index is 0.000000527. The average Bonchev–Trinajstić information content (AvgIpc) is 3.47. The van der Waals surface area contributed by atoms with Crippen LogP contribution >= 0.6 is 0 Å². The number of hydrogen-bond donors (Lipinski definition) is 2. The summed E-state index contributed by atoms with van der Waals surface area (Å²) in [4.78, 5) is 7.90. The molecule has 162 valence electrons. The summed E-state index contributed by atoms with van der Waals surface area (Å²) >= 11 is 0. The van der Waals surface area contributed by atoms with E-state index >= 15 is 0 Å². The van der Waals surface area contributed by atoms with E-state index in [2.05, 4.69) is 33.5 Å². The maximum absolute atomic E-state index is 4.70. The standard InChI is InChI=1S/C20H15N5.3C2H6/c1-2-7-15(8-3-1)22-19-10-11-20-21-13-18(25(20)24-19)17-12-14-6-4-5-9-16(14)23-17;3*1-2/h1-13,23H,(H,22,24);3*1-2H3. The Morgan fingerprint density at radius 2 is 1.45 bits per heavy atom. The van der Waals surface area contributed by atoms with Gasteiger partial charge in [0.15, 0.2) is 11.5 Å². The molecular weight excluding hydrogens is 382 g/mol. The molecule has 5 nitrogen and oxygen atoms in total. The van der Waals surface area contributed by atoms with E-state index in [0.29, 0.717) is 0 Å². The number of benzene rings is 2. The Morgan fingerprint density at radius 1 is 0.774 bits per heavy atom. The van der Waals surface area contributed by atoms with E-state index in [0.717, 1.165) is 34.1 Å². The minimum atomic E-state index is 0.772. The molecule has 0 fully saturated rings. The van der Waals surface area contributed by atoms with Gasteiger partial charge < -0.3 is 10.3 Å². The van der Waals surface area contributed by atoms with Crippen molar-refractivity contribution < 1.29 is 0 Å². The van der Waals surface area contributed by atoms with Crippen molar-refractivity contribution in [2.75, 3.05) is 5.32 Å². The van der Waals surface area contributed by atoms with Gasteiger partial charge in [0.05, 0.1) is 11.9 Å². The lowest BCUT2D eigenvalue weighted by Crippen LogP contribution is -2.00. The number of fused-ring (bicyclic) bond motifs is 2. The molecule has 5 aromatic rings. The summed E-state index contributed by atoms with van der Waals surface area (Å²) in [7, 11) is 0. The van der Waals surface area contributed by atoms with E-state index < -0.39 is 0 Å². The largest absolute Gasteiger partial charge is 0.353 e. The molecule has 0 unspecified atom stereocenters. The number of hydrogen-bond acceptors (Lipinski definition) is 3. The second kappa shape index (κ2) is 12.2. The lowest BCUT2D eigenvalue weighted by Gasteiger charge is -2.06. The zero-order valence-electron chi connectivity index (χ0n) is 19.3. The second-order valence-corrected chi connectivity index (χ2v) is 5.89. The summed E-state index contributed by atoms with van der Waals surface area (Å²) in [5.41, 5.74) is 4.85. The molecule has 0 aliphatic carbocycles. The number of anilines is 2. The summed E-state index contributed by atoms with van der Waals surface area (Å²) in [6, 6.07) is 24.2. The van der Waals surface area contributed by atoms with E-state index in [1.54, 1.807) is 0 Å². The summed E-state index contributed by atoms with van der Waals surface area (Å²) in [5, 5.41) is 9.19. The molecule has 0 atom stereocenters. The molecular formula is C26H33N5. The normalized spacial score (nSPS) is 9.61. The van der Waals surface area contributed by atoms with E-state index in [1.165, 1.54) is 5.39 Å². The molecule has 0 bridgehead atoms. The number of nitrogens with one attached hydrogen (secondary N) is 2. The number of rotatable bonds is 3. The fourth-order valence-electron chi connectivity index (χ4n) is 3.00. The smallest absolute Gasteiger partial charge is 0.154 e. The van der Waals surface area contributed by atoms with Crippen LogP contribution in [0.3, 0.4) is 0 Å². The van der Waals surface area contributed by atoms with Gasteiger partial charge in [-0.1, -0.05) is 77.9 Å². The number of imidazole rings is 1. The molecule has 2 N–H and O–H groups in total. The maximum atomic E-state index is 4.70. The van der Waals surface area contributed by atoms with Crippen molar-refractivity contribution >= 4 is 28.1 Å². The molecule has 3 heterocycles. The highest BCUT2D eigenvalue weighted by atomic mass is 15.3. The molecule has 31 heavy (non-hydrogen) atoms. The third-order valence-electron chi connectivity index (χ3n) is 4.21. The predicted octanol–water partition coefficient (Wildman–Crippen LogP) is 7.70. The summed E-state index contributed by atoms with van der Waals surface area (Å²) in [5.74, 6) is 0.772. The van der Waals surface area contributed by atoms with Crippen LogP contribution in [-0.2, 0) is 0 Å². The molecule has 0 spiro atoms. The lowest BCUT2D eigenvalue weighted by molar-refractivity contribution is 0.946. The Morgan fingerprint density at radius 3 is 2.16 bits per heavy atom. The molecule has 2 aromatic carbocycles. The van der Waals surface area contributed by atoms with Gasteiger partial charge in [-0.25, -0.2) is 9.50 Å². The Kier molecular flexibility index (Phi) is 9.30. The molecule has 0 radical (unpaired) electrons. The average molecular weight is 416 g/mol. The monoisotopic (exact) mass is 415 g/mol. The first-order chi connectivity index (χ1) is 15.4. The van der Waals surface area contributed by atoms with Gasteiger partial charge in [0.2, 0.25) is 0 Å². The highest BCUT2D eigenvalue weighted by Gasteiger charge is 2.10. The zero-order valence-corrected chi connectivity index (χ0v) is 19.3. The van der Waals surface area contributed by atoms with Gasteiger partial charge in [0.25, 0.3) is 0 Å². The molecule has 0 saturated heterocycles. The van der Waals surface area contributed by atoms with Crippen molar-refractivity contribution in [3.8, 4) is 11.4 Å². The molecule has 0 saturated carbocycles. The highest BCUT2D eigenvalue weighted by molar-refractivity contribution is 5.85. The van der Waals surface area contributed by atoms with Crippen LogP contribution in [0.5, 0.6) is 0 Å². The van der Waals surface area contributed by atoms with Crippen LogP contribution in [0.25, 0.3) is 27.9 Å². The first-order valence-corrected chi connectivity index (χ1v) is 11.1. The van der Waals surface area contributed by atoms with Crippen LogP contribution in [0.4, 0.5) is 11.5 Å². The quantitative estimate of drug-likeness (QED) is 0.317. The van der Waals surface area contributed by atoms with Crippen LogP contribution in [-0.4, -0.2) is 19.6 Å². The molecule has 0 aliphatic heterocycles. The minimum absolute atomic E-state index is 0.772. The van der Waals surface area contributed by atoms with Crippen molar-refractivity contribution in [1.82, 2.24) is 19.6 Å². The molecule has 3 aromatic heterocycles. The van der Waals surface area contributed by atoms with Crippen LogP contribution < -0.4 is 5.32 Å². The maximum Gasteiger partial charge on any atom is 0.154 e. The summed E-state index contributed by atoms with van der Waals surface area (Å²) in [6.07, 6.45) is 1.85. The van der Waals surface area contributed by atoms with Crippen molar-refractivity contribution in [3.63, 3.8) is 0 Å². The van der Waals surface area contributed by atoms with Crippen molar-refractivity contribution in [3.05, 3.63) is 79.0 Å². The van der Waals surface area contributed by atoms with Crippen LogP contribution in [0, 0.1) is 0 Å². The Bertz CT molecular complexity index is 1140. The van der Waals surface area contributed by atoms with Crippen molar-refractivity contribution in [2.45, 2.75) is 41.5 Å². The first-order valence-electron chi connectivity index (χ1n) is 11.1. The number of aromatic amines is 1. The van der Waals surface area contributed by atoms with Gasteiger partial charge in [0, 0.05) is 16.6 Å². The van der Waals surface area contributed by atoms with E-state index in [9.17, 15) is 0 Å². The number of H-pyrrole nitrogens is 1. The number of para-hydroxylation sites is 2. The number of nitrogens with zero attached hydrogens (tertiary/aromatic N) is 3. The van der Waals surface area contributed by atoms with Gasteiger partial charge in [-0.05, 0) is 36.4 Å². The molecule has 0 aliphatic rings.